The maximum Gasteiger partial charge on any atom is 0.160 e. The molecular formula is C23H25FN2O. The number of aromatic amines is 1. The van der Waals surface area contributed by atoms with Crippen LogP contribution in [0.5, 0.6) is 0 Å². The van der Waals surface area contributed by atoms with Gasteiger partial charge in [-0.05, 0) is 37.7 Å². The third-order valence-electron chi connectivity index (χ3n) is 6.60. The van der Waals surface area contributed by atoms with Crippen LogP contribution in [0.2, 0.25) is 0 Å². The monoisotopic (exact) mass is 364 g/mol. The smallest absolute Gasteiger partial charge is 0.160 e. The number of Topliss-reactive ketones (excluding diaryl/α,β-unsaturated/α-hetero) is 1. The molecule has 1 aromatic carbocycles. The quantitative estimate of drug-likeness (QED) is 0.817. The molecule has 1 aromatic heterocycles. The first-order valence-corrected chi connectivity index (χ1v) is 9.89. The van der Waals surface area contributed by atoms with Crippen LogP contribution in [0, 0.1) is 11.2 Å². The number of H-pyrrole nitrogens is 1. The van der Waals surface area contributed by atoms with E-state index in [2.05, 4.69) is 24.0 Å². The molecule has 1 heterocycles. The minimum Gasteiger partial charge on any atom is -0.294 e. The van der Waals surface area contributed by atoms with Crippen molar-refractivity contribution in [2.45, 2.75) is 64.2 Å². The number of hydrogen-bond acceptors (Lipinski definition) is 2. The van der Waals surface area contributed by atoms with E-state index in [1.54, 1.807) is 6.07 Å². The summed E-state index contributed by atoms with van der Waals surface area (Å²) in [5, 5.41) is 7.89. The number of hydrogen-bond donors (Lipinski definition) is 1. The van der Waals surface area contributed by atoms with Crippen molar-refractivity contribution in [2.24, 2.45) is 5.41 Å². The number of aromatic nitrogens is 2. The predicted molar refractivity (Wildman–Crippen MR) is 102 cm³/mol. The number of rotatable bonds is 2. The Morgan fingerprint density at radius 3 is 2.59 bits per heavy atom. The van der Waals surface area contributed by atoms with Crippen LogP contribution in [0.3, 0.4) is 0 Å². The molecule has 5 rings (SSSR count). The number of ketones is 1. The average Bonchev–Trinajstić information content (AvgIpc) is 3.33. The summed E-state index contributed by atoms with van der Waals surface area (Å²) in [7, 11) is 0. The highest BCUT2D eigenvalue weighted by Gasteiger charge is 2.51. The summed E-state index contributed by atoms with van der Waals surface area (Å²) in [5.74, 6) is 0.356. The fourth-order valence-electron chi connectivity index (χ4n) is 5.44. The SMILES string of the molecule is CC1(C)CC(=O)C2=C(Cc3[nH]nc(C4CC4)c3C2(C)c2ccccc2F)C1. The van der Waals surface area contributed by atoms with Gasteiger partial charge < -0.3 is 0 Å². The maximum atomic E-state index is 15.0. The maximum absolute atomic E-state index is 15.0. The van der Waals surface area contributed by atoms with E-state index in [1.807, 2.05) is 19.1 Å². The predicted octanol–water partition coefficient (Wildman–Crippen LogP) is 4.97. The molecule has 2 aromatic rings. The van der Waals surface area contributed by atoms with Crippen LogP contribution in [-0.4, -0.2) is 16.0 Å². The van der Waals surface area contributed by atoms with Crippen LogP contribution in [0.1, 0.15) is 74.9 Å². The highest BCUT2D eigenvalue weighted by atomic mass is 19.1. The van der Waals surface area contributed by atoms with Gasteiger partial charge in [0.2, 0.25) is 0 Å². The first-order chi connectivity index (χ1) is 12.8. The van der Waals surface area contributed by atoms with Crippen molar-refractivity contribution >= 4 is 5.78 Å². The average molecular weight is 364 g/mol. The van der Waals surface area contributed by atoms with Crippen LogP contribution < -0.4 is 0 Å². The molecule has 1 unspecified atom stereocenters. The van der Waals surface area contributed by atoms with Crippen LogP contribution in [0.25, 0.3) is 0 Å². The van der Waals surface area contributed by atoms with E-state index < -0.39 is 5.41 Å². The number of benzene rings is 1. The topological polar surface area (TPSA) is 45.8 Å². The van der Waals surface area contributed by atoms with Gasteiger partial charge in [0.05, 0.1) is 11.1 Å². The van der Waals surface area contributed by atoms with Gasteiger partial charge in [-0.25, -0.2) is 4.39 Å². The Balaban J connectivity index is 1.82. The second-order valence-electron chi connectivity index (χ2n) is 9.44. The van der Waals surface area contributed by atoms with E-state index in [-0.39, 0.29) is 17.0 Å². The number of carbonyl (C=O) groups is 1. The molecule has 0 amide bonds. The van der Waals surface area contributed by atoms with Crippen molar-refractivity contribution in [3.63, 3.8) is 0 Å². The van der Waals surface area contributed by atoms with Gasteiger partial charge in [-0.1, -0.05) is 37.6 Å². The van der Waals surface area contributed by atoms with Crippen molar-refractivity contribution in [1.82, 2.24) is 10.2 Å². The van der Waals surface area contributed by atoms with Crippen molar-refractivity contribution in [1.29, 1.82) is 0 Å². The minimum atomic E-state index is -0.771. The molecule has 3 nitrogen and oxygen atoms in total. The zero-order valence-corrected chi connectivity index (χ0v) is 16.2. The lowest BCUT2D eigenvalue weighted by atomic mass is 9.58. The van der Waals surface area contributed by atoms with Crippen molar-refractivity contribution in [3.05, 3.63) is 63.7 Å². The summed E-state index contributed by atoms with van der Waals surface area (Å²) in [4.78, 5) is 13.4. The Kier molecular flexibility index (Phi) is 3.38. The van der Waals surface area contributed by atoms with E-state index in [0.29, 0.717) is 17.9 Å². The standard InChI is InChI=1S/C23H25FN2O/c1-22(2)11-14-10-17-20(21(26-25-17)13-8-9-13)23(3,19(14)18(27)12-22)15-6-4-5-7-16(15)24/h4-7,13H,8-12H2,1-3H3,(H,25,26). The summed E-state index contributed by atoms with van der Waals surface area (Å²) in [6, 6.07) is 6.92. The van der Waals surface area contributed by atoms with E-state index in [1.165, 1.54) is 6.07 Å². The number of halogens is 1. The molecule has 0 bridgehead atoms. The molecule has 1 N–H and O–H groups in total. The summed E-state index contributed by atoms with van der Waals surface area (Å²) >= 11 is 0. The van der Waals surface area contributed by atoms with Crippen molar-refractivity contribution in [3.8, 4) is 0 Å². The molecule has 1 fully saturated rings. The van der Waals surface area contributed by atoms with Gasteiger partial charge in [0.25, 0.3) is 0 Å². The third-order valence-corrected chi connectivity index (χ3v) is 6.60. The lowest BCUT2D eigenvalue weighted by Gasteiger charge is -2.44. The summed E-state index contributed by atoms with van der Waals surface area (Å²) in [5.41, 5.74) is 4.90. The van der Waals surface area contributed by atoms with Gasteiger partial charge in [0.1, 0.15) is 5.82 Å². The Morgan fingerprint density at radius 2 is 1.89 bits per heavy atom. The Morgan fingerprint density at radius 1 is 1.15 bits per heavy atom. The van der Waals surface area contributed by atoms with Crippen LogP contribution >= 0.6 is 0 Å². The number of fused-ring (bicyclic) bond motifs is 1. The molecule has 1 atom stereocenters. The molecule has 0 aliphatic heterocycles. The largest absolute Gasteiger partial charge is 0.294 e. The van der Waals surface area contributed by atoms with Gasteiger partial charge in [-0.15, -0.1) is 0 Å². The molecule has 4 heteroatoms. The third kappa shape index (κ3) is 2.38. The highest BCUT2D eigenvalue weighted by Crippen LogP contribution is 2.55. The van der Waals surface area contributed by atoms with E-state index >= 15 is 4.39 Å². The Hall–Kier alpha value is -2.23. The lowest BCUT2D eigenvalue weighted by Crippen LogP contribution is -2.41. The lowest BCUT2D eigenvalue weighted by molar-refractivity contribution is -0.118. The van der Waals surface area contributed by atoms with Gasteiger partial charge in [0, 0.05) is 41.2 Å². The zero-order valence-electron chi connectivity index (χ0n) is 16.2. The Labute approximate surface area is 159 Å². The van der Waals surface area contributed by atoms with E-state index in [0.717, 1.165) is 53.8 Å². The number of nitrogens with one attached hydrogen (secondary N) is 1. The fraction of sp³-hybridized carbons (Fsp3) is 0.478. The summed E-state index contributed by atoms with van der Waals surface area (Å²) in [6.45, 7) is 6.33. The molecule has 1 saturated carbocycles. The van der Waals surface area contributed by atoms with Gasteiger partial charge in [-0.3, -0.25) is 9.89 Å². The second kappa shape index (κ2) is 5.40. The van der Waals surface area contributed by atoms with Crippen LogP contribution in [0.4, 0.5) is 4.39 Å². The molecular weight excluding hydrogens is 339 g/mol. The van der Waals surface area contributed by atoms with Gasteiger partial charge in [-0.2, -0.15) is 5.10 Å². The number of nitrogens with zero attached hydrogens (tertiary/aromatic N) is 1. The van der Waals surface area contributed by atoms with E-state index in [9.17, 15) is 4.79 Å². The summed E-state index contributed by atoms with van der Waals surface area (Å²) in [6.07, 6.45) is 4.36. The van der Waals surface area contributed by atoms with Crippen LogP contribution in [-0.2, 0) is 16.6 Å². The highest BCUT2D eigenvalue weighted by molar-refractivity contribution is 6.01. The van der Waals surface area contributed by atoms with Gasteiger partial charge >= 0.3 is 0 Å². The number of carbonyl (C=O) groups excluding carboxylic acids is 1. The van der Waals surface area contributed by atoms with Crippen molar-refractivity contribution in [2.75, 3.05) is 0 Å². The summed E-state index contributed by atoms with van der Waals surface area (Å²) < 4.78 is 15.0. The first kappa shape index (κ1) is 16.9. The van der Waals surface area contributed by atoms with Crippen molar-refractivity contribution < 1.29 is 9.18 Å². The zero-order chi connectivity index (χ0) is 19.0. The van der Waals surface area contributed by atoms with E-state index in [4.69, 9.17) is 0 Å². The minimum absolute atomic E-state index is 0.0527. The normalized spacial score (nSPS) is 26.7. The fourth-order valence-corrected chi connectivity index (χ4v) is 5.44. The second-order valence-corrected chi connectivity index (χ2v) is 9.44. The molecule has 0 spiro atoms. The molecule has 3 aliphatic carbocycles. The Bertz CT molecular complexity index is 996. The molecule has 0 saturated heterocycles. The molecule has 140 valence electrons. The van der Waals surface area contributed by atoms with Crippen LogP contribution in [0.15, 0.2) is 35.4 Å². The van der Waals surface area contributed by atoms with Gasteiger partial charge in [0.15, 0.2) is 5.78 Å². The number of allylic oxidation sites excluding steroid dienone is 2. The molecule has 0 radical (unpaired) electrons. The first-order valence-electron chi connectivity index (χ1n) is 9.89. The molecule has 27 heavy (non-hydrogen) atoms. The molecule has 3 aliphatic rings.